The maximum atomic E-state index is 11.8. The first-order valence-corrected chi connectivity index (χ1v) is 7.55. The van der Waals surface area contributed by atoms with E-state index in [0.717, 1.165) is 13.1 Å². The summed E-state index contributed by atoms with van der Waals surface area (Å²) in [5.41, 5.74) is 0. The van der Waals surface area contributed by atoms with Crippen LogP contribution in [0.1, 0.15) is 10.9 Å². The second kappa shape index (κ2) is 7.39. The van der Waals surface area contributed by atoms with Crippen molar-refractivity contribution in [1.29, 1.82) is 0 Å². The van der Waals surface area contributed by atoms with Crippen molar-refractivity contribution in [1.82, 2.24) is 15.5 Å². The Bertz CT molecular complexity index is 480. The molecular formula is C13H19N3O4S. The molecule has 2 rings (SSSR count). The minimum Gasteiger partial charge on any atom is -0.479 e. The highest BCUT2D eigenvalue weighted by Gasteiger charge is 2.24. The van der Waals surface area contributed by atoms with E-state index in [1.54, 1.807) is 17.5 Å². The van der Waals surface area contributed by atoms with Gasteiger partial charge in [-0.25, -0.2) is 9.59 Å². The van der Waals surface area contributed by atoms with Crippen molar-refractivity contribution in [3.05, 3.63) is 22.4 Å². The quantitative estimate of drug-likeness (QED) is 0.736. The molecule has 1 aromatic rings. The molecule has 1 fully saturated rings. The molecule has 0 spiro atoms. The van der Waals surface area contributed by atoms with Crippen LogP contribution in [0.2, 0.25) is 0 Å². The Morgan fingerprint density at radius 1 is 1.62 bits per heavy atom. The Morgan fingerprint density at radius 2 is 2.43 bits per heavy atom. The molecule has 1 saturated heterocycles. The van der Waals surface area contributed by atoms with Crippen LogP contribution >= 0.6 is 11.3 Å². The largest absolute Gasteiger partial charge is 0.479 e. The predicted octanol–water partition coefficient (Wildman–Crippen LogP) is 0.504. The van der Waals surface area contributed by atoms with Gasteiger partial charge in [0.2, 0.25) is 0 Å². The molecule has 0 aromatic carbocycles. The molecule has 0 saturated carbocycles. The Kier molecular flexibility index (Phi) is 5.54. The van der Waals surface area contributed by atoms with Crippen LogP contribution in [0.3, 0.4) is 0 Å². The van der Waals surface area contributed by atoms with Crippen LogP contribution in [-0.2, 0) is 9.53 Å². The number of likely N-dealkylation sites (N-methyl/N-ethyl adjacent to an activating group) is 1. The first-order chi connectivity index (χ1) is 10.1. The molecule has 2 atom stereocenters. The lowest BCUT2D eigenvalue weighted by atomic mass is 10.2. The number of carboxylic acid groups (broad SMARTS) is 1. The molecule has 0 radical (unpaired) electrons. The van der Waals surface area contributed by atoms with Crippen molar-refractivity contribution in [2.75, 3.05) is 33.3 Å². The number of carbonyl (C=O) groups excluding carboxylic acids is 1. The van der Waals surface area contributed by atoms with Crippen molar-refractivity contribution in [3.8, 4) is 0 Å². The van der Waals surface area contributed by atoms with Crippen molar-refractivity contribution in [2.24, 2.45) is 0 Å². The number of morpholine rings is 1. The highest BCUT2D eigenvalue weighted by atomic mass is 32.1. The van der Waals surface area contributed by atoms with Gasteiger partial charge in [0, 0.05) is 24.5 Å². The number of ether oxygens (including phenoxy) is 1. The Balaban J connectivity index is 1.81. The molecule has 116 valence electrons. The van der Waals surface area contributed by atoms with E-state index in [1.807, 2.05) is 7.05 Å². The fourth-order valence-corrected chi connectivity index (χ4v) is 2.86. The van der Waals surface area contributed by atoms with Gasteiger partial charge in [-0.3, -0.25) is 0 Å². The Morgan fingerprint density at radius 3 is 3.05 bits per heavy atom. The lowest BCUT2D eigenvalue weighted by Gasteiger charge is -2.30. The average Bonchev–Trinajstić information content (AvgIpc) is 2.96. The number of nitrogens with one attached hydrogen (secondary N) is 2. The highest BCUT2D eigenvalue weighted by molar-refractivity contribution is 7.10. The number of nitrogens with zero attached hydrogens (tertiary/aromatic N) is 1. The highest BCUT2D eigenvalue weighted by Crippen LogP contribution is 2.18. The molecular weight excluding hydrogens is 294 g/mol. The minimum absolute atomic E-state index is 0.0699. The molecule has 8 heteroatoms. The van der Waals surface area contributed by atoms with E-state index in [4.69, 9.17) is 4.74 Å². The van der Waals surface area contributed by atoms with Gasteiger partial charge in [-0.15, -0.1) is 11.3 Å². The lowest BCUT2D eigenvalue weighted by Crippen LogP contribution is -2.48. The molecule has 1 aromatic heterocycles. The normalized spacial score (nSPS) is 20.7. The molecule has 2 heterocycles. The third kappa shape index (κ3) is 4.69. The van der Waals surface area contributed by atoms with Crippen LogP contribution < -0.4 is 10.6 Å². The topological polar surface area (TPSA) is 90.9 Å². The summed E-state index contributed by atoms with van der Waals surface area (Å²) in [6.45, 7) is 2.61. The van der Waals surface area contributed by atoms with Gasteiger partial charge in [0.05, 0.1) is 12.7 Å². The van der Waals surface area contributed by atoms with Gasteiger partial charge in [0.25, 0.3) is 0 Å². The van der Waals surface area contributed by atoms with Crippen LogP contribution in [-0.4, -0.2) is 61.4 Å². The van der Waals surface area contributed by atoms with Gasteiger partial charge >= 0.3 is 12.0 Å². The number of hydrogen-bond donors (Lipinski definition) is 3. The van der Waals surface area contributed by atoms with E-state index >= 15 is 0 Å². The number of aliphatic carboxylic acids is 1. The third-order valence-electron chi connectivity index (χ3n) is 3.18. The van der Waals surface area contributed by atoms with Gasteiger partial charge in [0.15, 0.2) is 6.04 Å². The average molecular weight is 313 g/mol. The van der Waals surface area contributed by atoms with E-state index in [0.29, 0.717) is 18.0 Å². The van der Waals surface area contributed by atoms with E-state index in [1.165, 1.54) is 11.3 Å². The number of carbonyl (C=O) groups is 2. The molecule has 1 aliphatic rings. The van der Waals surface area contributed by atoms with Crippen LogP contribution in [0.25, 0.3) is 0 Å². The standard InChI is InChI=1S/C13H19N3O4S/c1-16-4-5-20-9(8-16)7-14-13(19)15-11(12(17)18)10-3-2-6-21-10/h2-3,6,9,11H,4-5,7-8H2,1H3,(H,17,18)(H2,14,15,19). The van der Waals surface area contributed by atoms with Gasteiger partial charge in [-0.1, -0.05) is 6.07 Å². The monoisotopic (exact) mass is 313 g/mol. The zero-order chi connectivity index (χ0) is 15.2. The first-order valence-electron chi connectivity index (χ1n) is 6.67. The lowest BCUT2D eigenvalue weighted by molar-refractivity contribution is -0.139. The molecule has 2 amide bonds. The van der Waals surface area contributed by atoms with Gasteiger partial charge < -0.3 is 25.4 Å². The summed E-state index contributed by atoms with van der Waals surface area (Å²) in [6, 6.07) is 1.90. The third-order valence-corrected chi connectivity index (χ3v) is 4.12. The first kappa shape index (κ1) is 15.7. The minimum atomic E-state index is -1.08. The smallest absolute Gasteiger partial charge is 0.331 e. The van der Waals surface area contributed by atoms with Crippen LogP contribution in [0.5, 0.6) is 0 Å². The van der Waals surface area contributed by atoms with Crippen LogP contribution in [0.4, 0.5) is 4.79 Å². The predicted molar refractivity (Wildman–Crippen MR) is 78.5 cm³/mol. The molecule has 2 unspecified atom stereocenters. The van der Waals surface area contributed by atoms with Gasteiger partial charge in [-0.05, 0) is 18.5 Å². The second-order valence-corrected chi connectivity index (χ2v) is 5.88. The van der Waals surface area contributed by atoms with Gasteiger partial charge in [-0.2, -0.15) is 0 Å². The fraction of sp³-hybridized carbons (Fsp3) is 0.538. The fourth-order valence-electron chi connectivity index (χ4n) is 2.09. The summed E-state index contributed by atoms with van der Waals surface area (Å²) in [6.07, 6.45) is -0.0699. The maximum absolute atomic E-state index is 11.8. The van der Waals surface area contributed by atoms with E-state index in [9.17, 15) is 14.7 Å². The molecule has 1 aliphatic heterocycles. The molecule has 3 N–H and O–H groups in total. The van der Waals surface area contributed by atoms with Crippen molar-refractivity contribution < 1.29 is 19.4 Å². The van der Waals surface area contributed by atoms with Gasteiger partial charge in [0.1, 0.15) is 0 Å². The zero-order valence-corrected chi connectivity index (χ0v) is 12.6. The number of urea groups is 1. The number of hydrogen-bond acceptors (Lipinski definition) is 5. The Hall–Kier alpha value is -1.64. The summed E-state index contributed by atoms with van der Waals surface area (Å²) in [5.74, 6) is -1.08. The van der Waals surface area contributed by atoms with E-state index in [-0.39, 0.29) is 6.10 Å². The summed E-state index contributed by atoms with van der Waals surface area (Å²) in [4.78, 5) is 25.8. The van der Waals surface area contributed by atoms with Crippen LogP contribution in [0, 0.1) is 0 Å². The van der Waals surface area contributed by atoms with E-state index < -0.39 is 18.0 Å². The number of thiophene rings is 1. The van der Waals surface area contributed by atoms with Crippen LogP contribution in [0.15, 0.2) is 17.5 Å². The Labute approximate surface area is 126 Å². The summed E-state index contributed by atoms with van der Waals surface area (Å²) < 4.78 is 5.53. The SMILES string of the molecule is CN1CCOC(CNC(=O)NC(C(=O)O)c2cccs2)C1. The van der Waals surface area contributed by atoms with Crippen molar-refractivity contribution in [3.63, 3.8) is 0 Å². The second-order valence-electron chi connectivity index (χ2n) is 4.90. The maximum Gasteiger partial charge on any atom is 0.331 e. The zero-order valence-electron chi connectivity index (χ0n) is 11.7. The van der Waals surface area contributed by atoms with Crippen molar-refractivity contribution in [2.45, 2.75) is 12.1 Å². The van der Waals surface area contributed by atoms with E-state index in [2.05, 4.69) is 15.5 Å². The molecule has 7 nitrogen and oxygen atoms in total. The summed E-state index contributed by atoms with van der Waals surface area (Å²) >= 11 is 1.29. The number of carboxylic acids is 1. The molecule has 0 bridgehead atoms. The molecule has 21 heavy (non-hydrogen) atoms. The summed E-state index contributed by atoms with van der Waals surface area (Å²) in [5, 5.41) is 16.1. The number of amides is 2. The van der Waals surface area contributed by atoms with Crippen molar-refractivity contribution >= 4 is 23.3 Å². The molecule has 0 aliphatic carbocycles. The number of rotatable bonds is 5. The summed E-state index contributed by atoms with van der Waals surface area (Å²) in [7, 11) is 1.99.